The first-order valence-electron chi connectivity index (χ1n) is 6.20. The van der Waals surface area contributed by atoms with E-state index < -0.39 is 0 Å². The van der Waals surface area contributed by atoms with E-state index in [0.717, 1.165) is 10.9 Å². The average Bonchev–Trinajstić information content (AvgIpc) is 2.51. The number of rotatable bonds is 2. The maximum atomic E-state index is 12.5. The summed E-state index contributed by atoms with van der Waals surface area (Å²) in [5.74, 6) is -0.175. The molecule has 0 saturated carbocycles. The van der Waals surface area contributed by atoms with E-state index in [2.05, 4.69) is 4.98 Å². The molecule has 0 aliphatic rings. The maximum absolute atomic E-state index is 12.5. The summed E-state index contributed by atoms with van der Waals surface area (Å²) >= 11 is 11.9. The van der Waals surface area contributed by atoms with Gasteiger partial charge >= 0.3 is 0 Å². The Bertz CT molecular complexity index is 839. The van der Waals surface area contributed by atoms with Crippen LogP contribution in [0.25, 0.3) is 10.9 Å². The third-order valence-electron chi connectivity index (χ3n) is 3.21. The highest BCUT2D eigenvalue weighted by Crippen LogP contribution is 2.30. The number of ketones is 1. The van der Waals surface area contributed by atoms with Crippen molar-refractivity contribution in [2.24, 2.45) is 0 Å². The summed E-state index contributed by atoms with van der Waals surface area (Å²) in [6.45, 7) is 0. The summed E-state index contributed by atoms with van der Waals surface area (Å²) in [5.41, 5.74) is 7.64. The Hall–Kier alpha value is -2.10. The molecule has 0 aliphatic carbocycles. The quantitative estimate of drug-likeness (QED) is 0.564. The number of halogens is 2. The van der Waals surface area contributed by atoms with E-state index in [4.69, 9.17) is 28.9 Å². The Balaban J connectivity index is 2.08. The van der Waals surface area contributed by atoms with Crippen LogP contribution < -0.4 is 5.73 Å². The molecule has 0 radical (unpaired) electrons. The lowest BCUT2D eigenvalue weighted by Crippen LogP contribution is -2.02. The van der Waals surface area contributed by atoms with Crippen LogP contribution in [0.3, 0.4) is 0 Å². The number of nitrogens with zero attached hydrogens (tertiary/aromatic N) is 1. The number of anilines is 1. The first kappa shape index (κ1) is 13.9. The second-order valence-corrected chi connectivity index (χ2v) is 5.41. The zero-order valence-corrected chi connectivity index (χ0v) is 12.3. The molecule has 21 heavy (non-hydrogen) atoms. The monoisotopic (exact) mass is 316 g/mol. The van der Waals surface area contributed by atoms with Gasteiger partial charge in [-0.05, 0) is 24.3 Å². The van der Waals surface area contributed by atoms with Gasteiger partial charge in [-0.15, -0.1) is 0 Å². The van der Waals surface area contributed by atoms with E-state index in [-0.39, 0.29) is 21.5 Å². The summed E-state index contributed by atoms with van der Waals surface area (Å²) in [6, 6.07) is 12.2. The van der Waals surface area contributed by atoms with E-state index in [1.54, 1.807) is 18.3 Å². The van der Waals surface area contributed by atoms with Gasteiger partial charge in [-0.25, -0.2) is 0 Å². The second-order valence-electron chi connectivity index (χ2n) is 4.59. The van der Waals surface area contributed by atoms with E-state index in [9.17, 15) is 4.79 Å². The van der Waals surface area contributed by atoms with Crippen LogP contribution in [0.15, 0.2) is 48.7 Å². The fourth-order valence-electron chi connectivity index (χ4n) is 2.09. The van der Waals surface area contributed by atoms with Crippen molar-refractivity contribution in [2.45, 2.75) is 0 Å². The molecule has 0 unspecified atom stereocenters. The molecule has 1 aromatic heterocycles. The van der Waals surface area contributed by atoms with Gasteiger partial charge in [0.1, 0.15) is 0 Å². The third-order valence-corrected chi connectivity index (χ3v) is 3.83. The Labute approximate surface area is 131 Å². The number of hydrogen-bond acceptors (Lipinski definition) is 3. The molecule has 104 valence electrons. The van der Waals surface area contributed by atoms with Gasteiger partial charge in [0.25, 0.3) is 0 Å². The summed E-state index contributed by atoms with van der Waals surface area (Å²) in [6.07, 6.45) is 1.69. The van der Waals surface area contributed by atoms with Crippen molar-refractivity contribution in [3.8, 4) is 0 Å². The van der Waals surface area contributed by atoms with Crippen molar-refractivity contribution in [3.05, 3.63) is 69.8 Å². The second kappa shape index (κ2) is 5.35. The predicted molar refractivity (Wildman–Crippen MR) is 86.0 cm³/mol. The van der Waals surface area contributed by atoms with Crippen molar-refractivity contribution in [1.82, 2.24) is 4.98 Å². The number of hydrogen-bond donors (Lipinski definition) is 1. The molecule has 3 nitrogen and oxygen atoms in total. The smallest absolute Gasteiger partial charge is 0.193 e. The van der Waals surface area contributed by atoms with Gasteiger partial charge in [-0.1, -0.05) is 41.4 Å². The maximum Gasteiger partial charge on any atom is 0.193 e. The lowest BCUT2D eigenvalue weighted by atomic mass is 10.0. The number of nitrogen functional groups attached to an aromatic ring is 1. The number of aromatic nitrogens is 1. The predicted octanol–water partition coefficient (Wildman–Crippen LogP) is 4.35. The Kier molecular flexibility index (Phi) is 3.53. The summed E-state index contributed by atoms with van der Waals surface area (Å²) in [7, 11) is 0. The fraction of sp³-hybridized carbons (Fsp3) is 0. The van der Waals surface area contributed by atoms with Crippen molar-refractivity contribution in [3.63, 3.8) is 0 Å². The zero-order chi connectivity index (χ0) is 15.0. The minimum absolute atomic E-state index is 0.175. The molecule has 5 heteroatoms. The minimum Gasteiger partial charge on any atom is -0.396 e. The molecular formula is C16H10Cl2N2O. The average molecular weight is 317 g/mol. The number of carbonyl (C=O) groups excluding carboxylic acids is 1. The molecule has 0 atom stereocenters. The molecule has 0 amide bonds. The van der Waals surface area contributed by atoms with Gasteiger partial charge in [0.05, 0.1) is 21.2 Å². The summed E-state index contributed by atoms with van der Waals surface area (Å²) < 4.78 is 0. The van der Waals surface area contributed by atoms with Gasteiger partial charge in [0, 0.05) is 22.7 Å². The molecule has 0 aliphatic heterocycles. The number of nitrogens with two attached hydrogens (primary N) is 1. The van der Waals surface area contributed by atoms with Crippen molar-refractivity contribution >= 4 is 45.6 Å². The first-order valence-corrected chi connectivity index (χ1v) is 6.96. The largest absolute Gasteiger partial charge is 0.396 e. The Morgan fingerprint density at radius 1 is 1.00 bits per heavy atom. The lowest BCUT2D eigenvalue weighted by Gasteiger charge is -2.06. The van der Waals surface area contributed by atoms with Crippen LogP contribution in [-0.4, -0.2) is 10.8 Å². The van der Waals surface area contributed by atoms with Gasteiger partial charge < -0.3 is 5.73 Å². The highest BCUT2D eigenvalue weighted by atomic mass is 35.5. The number of pyridine rings is 1. The van der Waals surface area contributed by atoms with Crippen LogP contribution in [0, 0.1) is 0 Å². The molecule has 3 aromatic rings. The topological polar surface area (TPSA) is 56.0 Å². The highest BCUT2D eigenvalue weighted by Gasteiger charge is 2.13. The summed E-state index contributed by atoms with van der Waals surface area (Å²) in [5, 5.41) is 1.51. The molecule has 0 bridgehead atoms. The number of carbonyl (C=O) groups is 1. The van der Waals surface area contributed by atoms with E-state index in [0.29, 0.717) is 11.1 Å². The molecule has 0 saturated heterocycles. The molecular weight excluding hydrogens is 307 g/mol. The van der Waals surface area contributed by atoms with E-state index >= 15 is 0 Å². The van der Waals surface area contributed by atoms with Crippen molar-refractivity contribution in [2.75, 3.05) is 5.73 Å². The van der Waals surface area contributed by atoms with Crippen LogP contribution in [0.1, 0.15) is 15.9 Å². The van der Waals surface area contributed by atoms with Crippen LogP contribution in [0.5, 0.6) is 0 Å². The number of fused-ring (bicyclic) bond motifs is 1. The van der Waals surface area contributed by atoms with Gasteiger partial charge in [-0.2, -0.15) is 0 Å². The molecule has 2 aromatic carbocycles. The fourth-order valence-corrected chi connectivity index (χ4v) is 2.58. The third kappa shape index (κ3) is 2.58. The molecule has 0 fully saturated rings. The van der Waals surface area contributed by atoms with E-state index in [1.165, 1.54) is 12.1 Å². The number of benzene rings is 2. The SMILES string of the molecule is Nc1c(Cl)cc(C(=O)c2ccc3cccnc3c2)cc1Cl. The molecule has 3 rings (SSSR count). The van der Waals surface area contributed by atoms with Crippen LogP contribution in [-0.2, 0) is 0 Å². The summed E-state index contributed by atoms with van der Waals surface area (Å²) in [4.78, 5) is 16.8. The Morgan fingerprint density at radius 3 is 2.43 bits per heavy atom. The normalized spacial score (nSPS) is 10.8. The van der Waals surface area contributed by atoms with Gasteiger partial charge in [0.2, 0.25) is 0 Å². The molecule has 1 heterocycles. The Morgan fingerprint density at radius 2 is 1.71 bits per heavy atom. The van der Waals surface area contributed by atoms with Crippen molar-refractivity contribution < 1.29 is 4.79 Å². The van der Waals surface area contributed by atoms with Crippen molar-refractivity contribution in [1.29, 1.82) is 0 Å². The molecule has 0 spiro atoms. The lowest BCUT2D eigenvalue weighted by molar-refractivity contribution is 0.103. The van der Waals surface area contributed by atoms with Crippen LogP contribution in [0.4, 0.5) is 5.69 Å². The standard InChI is InChI=1S/C16H10Cl2N2O/c17-12-6-11(7-13(18)15(12)19)16(21)10-4-3-9-2-1-5-20-14(9)8-10/h1-8H,19H2. The highest BCUT2D eigenvalue weighted by molar-refractivity contribution is 6.39. The van der Waals surface area contributed by atoms with Crippen LogP contribution >= 0.6 is 23.2 Å². The molecule has 2 N–H and O–H groups in total. The zero-order valence-electron chi connectivity index (χ0n) is 10.8. The van der Waals surface area contributed by atoms with Gasteiger partial charge in [0.15, 0.2) is 5.78 Å². The first-order chi connectivity index (χ1) is 10.1. The van der Waals surface area contributed by atoms with E-state index in [1.807, 2.05) is 18.2 Å². The van der Waals surface area contributed by atoms with Gasteiger partial charge in [-0.3, -0.25) is 9.78 Å². The van der Waals surface area contributed by atoms with Crippen LogP contribution in [0.2, 0.25) is 10.0 Å². The minimum atomic E-state index is -0.175.